The Bertz CT molecular complexity index is 1230. The number of aromatic amines is 1. The number of benzene rings is 1. The standard InChI is InChI=1S/C18H15FN2O4S2/c19-14-8-10-5-6-20-18(23)13(10)9-15(14)21-27(24,25)17-4-3-16(26-17)11-1-2-12(22)7-11/h1,3-6,8-9,12,21-22H,2,7H2,(H,20,23). The fourth-order valence-electron chi connectivity index (χ4n) is 3.02. The van der Waals surface area contributed by atoms with E-state index in [1.807, 2.05) is 6.08 Å². The van der Waals surface area contributed by atoms with Crippen LogP contribution in [-0.2, 0) is 10.0 Å². The van der Waals surface area contributed by atoms with E-state index >= 15 is 0 Å². The Hall–Kier alpha value is -2.49. The molecule has 0 aliphatic heterocycles. The number of thiophene rings is 1. The molecule has 0 radical (unpaired) electrons. The maximum absolute atomic E-state index is 14.3. The van der Waals surface area contributed by atoms with Gasteiger partial charge in [-0.3, -0.25) is 9.52 Å². The van der Waals surface area contributed by atoms with Gasteiger partial charge in [-0.1, -0.05) is 6.08 Å². The number of halogens is 1. The van der Waals surface area contributed by atoms with Gasteiger partial charge in [0.2, 0.25) is 0 Å². The van der Waals surface area contributed by atoms with Crippen LogP contribution < -0.4 is 10.3 Å². The third-order valence-electron chi connectivity index (χ3n) is 4.36. The molecule has 0 amide bonds. The predicted molar refractivity (Wildman–Crippen MR) is 103 cm³/mol. The molecule has 1 aromatic carbocycles. The molecule has 6 nitrogen and oxygen atoms in total. The zero-order chi connectivity index (χ0) is 19.2. The summed E-state index contributed by atoms with van der Waals surface area (Å²) in [5.74, 6) is -0.768. The molecule has 4 rings (SSSR count). The number of aliphatic hydroxyl groups excluding tert-OH is 1. The summed E-state index contributed by atoms with van der Waals surface area (Å²) >= 11 is 1.05. The fourth-order valence-corrected chi connectivity index (χ4v) is 5.43. The van der Waals surface area contributed by atoms with Crippen molar-refractivity contribution in [1.82, 2.24) is 4.98 Å². The minimum atomic E-state index is -4.01. The van der Waals surface area contributed by atoms with Gasteiger partial charge in [0.25, 0.3) is 15.6 Å². The van der Waals surface area contributed by atoms with Crippen LogP contribution in [0.4, 0.5) is 10.1 Å². The first-order chi connectivity index (χ1) is 12.8. The molecule has 3 aromatic rings. The molecular formula is C18H15FN2O4S2. The van der Waals surface area contributed by atoms with Crippen molar-refractivity contribution in [2.24, 2.45) is 0 Å². The minimum absolute atomic E-state index is 0.0289. The molecule has 0 spiro atoms. The van der Waals surface area contributed by atoms with Gasteiger partial charge in [0.05, 0.1) is 11.8 Å². The number of aromatic nitrogens is 1. The highest BCUT2D eigenvalue weighted by Crippen LogP contribution is 2.35. The molecule has 27 heavy (non-hydrogen) atoms. The van der Waals surface area contributed by atoms with Crippen LogP contribution in [0.15, 0.2) is 51.6 Å². The second kappa shape index (κ2) is 6.59. The van der Waals surface area contributed by atoms with Gasteiger partial charge in [-0.25, -0.2) is 12.8 Å². The zero-order valence-electron chi connectivity index (χ0n) is 13.9. The monoisotopic (exact) mass is 406 g/mol. The maximum Gasteiger partial charge on any atom is 0.271 e. The van der Waals surface area contributed by atoms with Crippen LogP contribution in [0, 0.1) is 5.82 Å². The maximum atomic E-state index is 14.3. The lowest BCUT2D eigenvalue weighted by Gasteiger charge is -2.08. The number of rotatable bonds is 4. The number of aliphatic hydroxyl groups is 1. The summed E-state index contributed by atoms with van der Waals surface area (Å²) in [6.07, 6.45) is 3.87. The normalized spacial score (nSPS) is 17.3. The lowest BCUT2D eigenvalue weighted by Crippen LogP contribution is -2.13. The number of pyridine rings is 1. The fraction of sp³-hybridized carbons (Fsp3) is 0.167. The highest BCUT2D eigenvalue weighted by Gasteiger charge is 2.22. The Kier molecular flexibility index (Phi) is 4.37. The van der Waals surface area contributed by atoms with Crippen LogP contribution in [0.25, 0.3) is 16.3 Å². The lowest BCUT2D eigenvalue weighted by atomic mass is 10.1. The molecule has 1 atom stereocenters. The molecule has 9 heteroatoms. The summed E-state index contributed by atoms with van der Waals surface area (Å²) in [7, 11) is -4.01. The van der Waals surface area contributed by atoms with E-state index < -0.39 is 27.5 Å². The number of anilines is 1. The average molecular weight is 406 g/mol. The Balaban J connectivity index is 1.67. The molecule has 0 saturated carbocycles. The summed E-state index contributed by atoms with van der Waals surface area (Å²) < 4.78 is 41.9. The summed E-state index contributed by atoms with van der Waals surface area (Å²) in [4.78, 5) is 15.1. The summed E-state index contributed by atoms with van der Waals surface area (Å²) in [5, 5.41) is 10.2. The van der Waals surface area contributed by atoms with Gasteiger partial charge in [-0.05, 0) is 54.1 Å². The molecule has 140 valence electrons. The molecule has 1 aliphatic carbocycles. The Morgan fingerprint density at radius 1 is 1.26 bits per heavy atom. The molecule has 1 unspecified atom stereocenters. The van der Waals surface area contributed by atoms with Gasteiger partial charge in [-0.15, -0.1) is 11.3 Å². The largest absolute Gasteiger partial charge is 0.392 e. The van der Waals surface area contributed by atoms with Gasteiger partial charge >= 0.3 is 0 Å². The number of nitrogens with one attached hydrogen (secondary N) is 2. The van der Waals surface area contributed by atoms with Crippen LogP contribution >= 0.6 is 11.3 Å². The summed E-state index contributed by atoms with van der Waals surface area (Å²) in [6.45, 7) is 0. The molecular weight excluding hydrogens is 391 g/mol. The van der Waals surface area contributed by atoms with E-state index in [-0.39, 0.29) is 15.3 Å². The van der Waals surface area contributed by atoms with Gasteiger partial charge < -0.3 is 10.1 Å². The smallest absolute Gasteiger partial charge is 0.271 e. The van der Waals surface area contributed by atoms with Crippen LogP contribution in [0.1, 0.15) is 17.7 Å². The first-order valence-electron chi connectivity index (χ1n) is 8.14. The van der Waals surface area contributed by atoms with Crippen molar-refractivity contribution in [3.05, 3.63) is 63.7 Å². The van der Waals surface area contributed by atoms with Crippen molar-refractivity contribution in [2.75, 3.05) is 4.72 Å². The molecule has 0 fully saturated rings. The molecule has 3 N–H and O–H groups in total. The highest BCUT2D eigenvalue weighted by atomic mass is 32.2. The van der Waals surface area contributed by atoms with Crippen molar-refractivity contribution in [3.63, 3.8) is 0 Å². The third kappa shape index (κ3) is 3.41. The quantitative estimate of drug-likeness (QED) is 0.620. The topological polar surface area (TPSA) is 99.3 Å². The summed E-state index contributed by atoms with van der Waals surface area (Å²) in [5.41, 5.74) is 0.181. The molecule has 1 aliphatic rings. The van der Waals surface area contributed by atoms with Crippen molar-refractivity contribution >= 4 is 43.4 Å². The Morgan fingerprint density at radius 2 is 2.07 bits per heavy atom. The van der Waals surface area contributed by atoms with E-state index in [0.29, 0.717) is 18.2 Å². The SMILES string of the molecule is O=c1[nH]ccc2cc(F)c(NS(=O)(=O)c3ccc(C4=CCC(O)C4)s3)cc12. The predicted octanol–water partition coefficient (Wildman–Crippen LogP) is 3.07. The number of sulfonamides is 1. The number of fused-ring (bicyclic) bond motifs is 1. The van der Waals surface area contributed by atoms with Gasteiger partial charge in [0, 0.05) is 16.5 Å². The van der Waals surface area contributed by atoms with Crippen molar-refractivity contribution in [2.45, 2.75) is 23.2 Å². The number of H-pyrrole nitrogens is 1. The highest BCUT2D eigenvalue weighted by molar-refractivity contribution is 7.94. The van der Waals surface area contributed by atoms with Crippen molar-refractivity contribution in [3.8, 4) is 0 Å². The molecule has 2 aromatic heterocycles. The zero-order valence-corrected chi connectivity index (χ0v) is 15.5. The van der Waals surface area contributed by atoms with E-state index in [1.165, 1.54) is 24.4 Å². The van der Waals surface area contributed by atoms with Gasteiger partial charge in [0.15, 0.2) is 0 Å². The average Bonchev–Trinajstić information content (AvgIpc) is 3.25. The van der Waals surface area contributed by atoms with E-state index in [9.17, 15) is 22.7 Å². The first-order valence-corrected chi connectivity index (χ1v) is 10.4. The molecule has 0 bridgehead atoms. The molecule has 0 saturated heterocycles. The number of hydrogen-bond acceptors (Lipinski definition) is 5. The number of hydrogen-bond donors (Lipinski definition) is 3. The van der Waals surface area contributed by atoms with Crippen LogP contribution in [-0.4, -0.2) is 24.6 Å². The third-order valence-corrected chi connectivity index (χ3v) is 7.38. The molecule has 2 heterocycles. The van der Waals surface area contributed by atoms with E-state index in [0.717, 1.165) is 27.9 Å². The van der Waals surface area contributed by atoms with E-state index in [1.54, 1.807) is 6.07 Å². The van der Waals surface area contributed by atoms with Crippen molar-refractivity contribution < 1.29 is 17.9 Å². The van der Waals surface area contributed by atoms with Crippen LogP contribution in [0.2, 0.25) is 0 Å². The Morgan fingerprint density at radius 3 is 2.81 bits per heavy atom. The lowest BCUT2D eigenvalue weighted by molar-refractivity contribution is 0.191. The second-order valence-corrected chi connectivity index (χ2v) is 9.27. The van der Waals surface area contributed by atoms with Crippen molar-refractivity contribution in [1.29, 1.82) is 0 Å². The van der Waals surface area contributed by atoms with E-state index in [4.69, 9.17) is 0 Å². The van der Waals surface area contributed by atoms with Crippen LogP contribution in [0.5, 0.6) is 0 Å². The van der Waals surface area contributed by atoms with Gasteiger partial charge in [0.1, 0.15) is 10.0 Å². The second-order valence-electron chi connectivity index (χ2n) is 6.27. The minimum Gasteiger partial charge on any atom is -0.392 e. The van der Waals surface area contributed by atoms with E-state index in [2.05, 4.69) is 9.71 Å². The summed E-state index contributed by atoms with van der Waals surface area (Å²) in [6, 6.07) is 6.95. The van der Waals surface area contributed by atoms with Crippen LogP contribution in [0.3, 0.4) is 0 Å². The first kappa shape index (κ1) is 17.9. The Labute approximate surface area is 158 Å². The van der Waals surface area contributed by atoms with Gasteiger partial charge in [-0.2, -0.15) is 0 Å².